The molecule has 0 N–H and O–H groups in total. The first-order valence-electron chi connectivity index (χ1n) is 12.2. The van der Waals surface area contributed by atoms with Crippen molar-refractivity contribution in [1.29, 1.82) is 0 Å². The van der Waals surface area contributed by atoms with E-state index in [1.807, 2.05) is 72.8 Å². The van der Waals surface area contributed by atoms with Crippen molar-refractivity contribution in [2.45, 2.75) is 40.2 Å². The molecule has 2 heterocycles. The lowest BCUT2D eigenvalue weighted by Crippen LogP contribution is -2.07. The first-order valence-corrected chi connectivity index (χ1v) is 12.2. The van der Waals surface area contributed by atoms with E-state index in [-0.39, 0.29) is 5.78 Å². The van der Waals surface area contributed by atoms with Crippen LogP contribution in [0.5, 0.6) is 0 Å². The van der Waals surface area contributed by atoms with Gasteiger partial charge in [0, 0.05) is 17.7 Å². The molecule has 182 valence electrons. The highest BCUT2D eigenvalue weighted by atomic mass is 16.5. The van der Waals surface area contributed by atoms with Crippen LogP contribution in [0, 0.1) is 13.8 Å². The summed E-state index contributed by atoms with van der Waals surface area (Å²) in [6, 6.07) is 21.1. The van der Waals surface area contributed by atoms with Gasteiger partial charge in [-0.1, -0.05) is 73.0 Å². The number of benzene rings is 3. The van der Waals surface area contributed by atoms with Crippen LogP contribution in [0.3, 0.4) is 0 Å². The van der Waals surface area contributed by atoms with Crippen molar-refractivity contribution < 1.29 is 14.3 Å². The average Bonchev–Trinajstić information content (AvgIpc) is 3.42. The molecule has 0 spiro atoms. The number of rotatable bonds is 7. The zero-order valence-electron chi connectivity index (χ0n) is 21.0. The van der Waals surface area contributed by atoms with Gasteiger partial charge < -0.3 is 9.30 Å². The number of esters is 1. The van der Waals surface area contributed by atoms with Crippen LogP contribution >= 0.6 is 0 Å². The van der Waals surface area contributed by atoms with Gasteiger partial charge >= 0.3 is 5.97 Å². The van der Waals surface area contributed by atoms with Gasteiger partial charge in [0.15, 0.2) is 0 Å². The monoisotopic (exact) mass is 479 g/mol. The Hall–Kier alpha value is -4.19. The van der Waals surface area contributed by atoms with Crippen molar-refractivity contribution in [3.63, 3.8) is 0 Å². The summed E-state index contributed by atoms with van der Waals surface area (Å²) in [5.74, 6) is 0.152. The SMILES string of the molecule is CCCCn1c2ccc(C(=O)OC)cc2n2c(C(=O)c3ccc(C)cc3)c(-c3ccc(C)cc3)nc12. The standard InChI is InChI=1S/C30H29N3O3/c1-5-6-17-32-24-16-15-23(29(35)36-4)18-25(24)33-27(28(34)22-13-9-20(3)10-14-22)26(31-30(32)33)21-11-7-19(2)8-12-21/h7-16,18H,5-6,17H2,1-4H3. The van der Waals surface area contributed by atoms with E-state index in [2.05, 4.69) is 11.5 Å². The Morgan fingerprint density at radius 1 is 0.861 bits per heavy atom. The topological polar surface area (TPSA) is 65.6 Å². The fraction of sp³-hybridized carbons (Fsp3) is 0.233. The Morgan fingerprint density at radius 3 is 2.14 bits per heavy atom. The van der Waals surface area contributed by atoms with Crippen molar-refractivity contribution in [3.8, 4) is 11.3 Å². The Morgan fingerprint density at radius 2 is 1.50 bits per heavy atom. The molecule has 0 radical (unpaired) electrons. The lowest BCUT2D eigenvalue weighted by molar-refractivity contribution is 0.0600. The molecule has 3 aromatic carbocycles. The predicted octanol–water partition coefficient (Wildman–Crippen LogP) is 6.39. The molecule has 0 bridgehead atoms. The number of aryl methyl sites for hydroxylation is 3. The molecular formula is C30H29N3O3. The van der Waals surface area contributed by atoms with Crippen molar-refractivity contribution in [3.05, 3.63) is 94.7 Å². The van der Waals surface area contributed by atoms with Gasteiger partial charge in [-0.2, -0.15) is 0 Å². The molecule has 0 amide bonds. The third kappa shape index (κ3) is 3.98. The minimum atomic E-state index is -0.420. The zero-order chi connectivity index (χ0) is 25.4. The lowest BCUT2D eigenvalue weighted by Gasteiger charge is -2.07. The van der Waals surface area contributed by atoms with Crippen LogP contribution in [0.25, 0.3) is 28.1 Å². The molecule has 0 saturated carbocycles. The Kier molecular flexibility index (Phi) is 6.18. The molecule has 6 heteroatoms. The molecule has 0 atom stereocenters. The zero-order valence-corrected chi connectivity index (χ0v) is 21.0. The fourth-order valence-electron chi connectivity index (χ4n) is 4.60. The van der Waals surface area contributed by atoms with Crippen molar-refractivity contribution >= 4 is 28.6 Å². The van der Waals surface area contributed by atoms with Crippen molar-refractivity contribution in [2.24, 2.45) is 0 Å². The minimum absolute atomic E-state index is 0.115. The number of aromatic nitrogens is 3. The van der Waals surface area contributed by atoms with E-state index in [4.69, 9.17) is 9.72 Å². The van der Waals surface area contributed by atoms with Crippen LogP contribution in [-0.2, 0) is 11.3 Å². The summed E-state index contributed by atoms with van der Waals surface area (Å²) in [6.07, 6.45) is 1.99. The van der Waals surface area contributed by atoms with Gasteiger partial charge in [-0.05, 0) is 38.5 Å². The first kappa shape index (κ1) is 23.5. The lowest BCUT2D eigenvalue weighted by atomic mass is 10.0. The van der Waals surface area contributed by atoms with Crippen molar-refractivity contribution in [1.82, 2.24) is 14.0 Å². The number of ketones is 1. The van der Waals surface area contributed by atoms with Crippen LogP contribution < -0.4 is 0 Å². The number of carbonyl (C=O) groups is 2. The van der Waals surface area contributed by atoms with Gasteiger partial charge in [-0.3, -0.25) is 9.20 Å². The number of hydrogen-bond acceptors (Lipinski definition) is 4. The van der Waals surface area contributed by atoms with E-state index in [1.54, 1.807) is 12.1 Å². The second kappa shape index (κ2) is 9.46. The Labute approximate surface area is 210 Å². The van der Waals surface area contributed by atoms with E-state index in [1.165, 1.54) is 7.11 Å². The molecule has 0 unspecified atom stereocenters. The summed E-state index contributed by atoms with van der Waals surface area (Å²) in [7, 11) is 1.37. The number of fused-ring (bicyclic) bond motifs is 3. The summed E-state index contributed by atoms with van der Waals surface area (Å²) in [4.78, 5) is 31.5. The third-order valence-corrected chi connectivity index (χ3v) is 6.62. The highest BCUT2D eigenvalue weighted by Gasteiger charge is 2.27. The van der Waals surface area contributed by atoms with E-state index < -0.39 is 5.97 Å². The number of unbranched alkanes of at least 4 members (excludes halogenated alkanes) is 1. The van der Waals surface area contributed by atoms with Gasteiger partial charge in [-0.15, -0.1) is 0 Å². The van der Waals surface area contributed by atoms with Crippen LogP contribution in [0.2, 0.25) is 0 Å². The van der Waals surface area contributed by atoms with Crippen molar-refractivity contribution in [2.75, 3.05) is 7.11 Å². The molecule has 6 nitrogen and oxygen atoms in total. The summed E-state index contributed by atoms with van der Waals surface area (Å²) >= 11 is 0. The predicted molar refractivity (Wildman–Crippen MR) is 142 cm³/mol. The van der Waals surface area contributed by atoms with E-state index in [0.717, 1.165) is 47.1 Å². The maximum absolute atomic E-state index is 14.1. The molecular weight excluding hydrogens is 450 g/mol. The van der Waals surface area contributed by atoms with Crippen LogP contribution in [0.1, 0.15) is 57.3 Å². The normalized spacial score (nSPS) is 11.3. The summed E-state index contributed by atoms with van der Waals surface area (Å²) < 4.78 is 9.03. The molecule has 36 heavy (non-hydrogen) atoms. The second-order valence-electron chi connectivity index (χ2n) is 9.21. The van der Waals surface area contributed by atoms with Gasteiger partial charge in [0.05, 0.1) is 23.7 Å². The quantitative estimate of drug-likeness (QED) is 0.200. The minimum Gasteiger partial charge on any atom is -0.465 e. The number of hydrogen-bond donors (Lipinski definition) is 0. The highest BCUT2D eigenvalue weighted by Crippen LogP contribution is 2.32. The summed E-state index contributed by atoms with van der Waals surface area (Å²) in [5, 5.41) is 0. The highest BCUT2D eigenvalue weighted by molar-refractivity contribution is 6.13. The van der Waals surface area contributed by atoms with E-state index in [9.17, 15) is 9.59 Å². The molecule has 0 fully saturated rings. The van der Waals surface area contributed by atoms with Gasteiger partial charge in [0.2, 0.25) is 11.6 Å². The largest absolute Gasteiger partial charge is 0.465 e. The van der Waals surface area contributed by atoms with E-state index >= 15 is 0 Å². The molecule has 2 aromatic heterocycles. The van der Waals surface area contributed by atoms with Crippen LogP contribution in [0.4, 0.5) is 0 Å². The Balaban J connectivity index is 1.87. The van der Waals surface area contributed by atoms with Crippen LogP contribution in [-0.4, -0.2) is 32.8 Å². The maximum Gasteiger partial charge on any atom is 0.337 e. The maximum atomic E-state index is 14.1. The fourth-order valence-corrected chi connectivity index (χ4v) is 4.60. The van der Waals surface area contributed by atoms with Gasteiger partial charge in [0.25, 0.3) is 0 Å². The second-order valence-corrected chi connectivity index (χ2v) is 9.21. The molecule has 5 aromatic rings. The average molecular weight is 480 g/mol. The number of imidazole rings is 2. The molecule has 0 aliphatic carbocycles. The first-order chi connectivity index (χ1) is 17.4. The number of carbonyl (C=O) groups excluding carboxylic acids is 2. The van der Waals surface area contributed by atoms with Gasteiger partial charge in [0.1, 0.15) is 11.4 Å². The summed E-state index contributed by atoms with van der Waals surface area (Å²) in [5.41, 5.74) is 6.91. The number of nitrogens with zero attached hydrogens (tertiary/aromatic N) is 3. The molecule has 0 aliphatic heterocycles. The third-order valence-electron chi connectivity index (χ3n) is 6.62. The smallest absolute Gasteiger partial charge is 0.337 e. The molecule has 5 rings (SSSR count). The summed E-state index contributed by atoms with van der Waals surface area (Å²) in [6.45, 7) is 6.93. The molecule has 0 saturated heterocycles. The molecule has 0 aliphatic rings. The van der Waals surface area contributed by atoms with E-state index in [0.29, 0.717) is 28.3 Å². The van der Waals surface area contributed by atoms with Gasteiger partial charge in [-0.25, -0.2) is 9.78 Å². The number of ether oxygens (including phenoxy) is 1. The Bertz CT molecular complexity index is 1590. The number of methoxy groups -OCH3 is 1. The van der Waals surface area contributed by atoms with Crippen LogP contribution in [0.15, 0.2) is 66.7 Å².